The lowest BCUT2D eigenvalue weighted by Crippen LogP contribution is -2.34. The molecule has 1 heterocycles. The van der Waals surface area contributed by atoms with Crippen molar-refractivity contribution in [3.8, 4) is 16.9 Å². The third-order valence-corrected chi connectivity index (χ3v) is 4.16. The van der Waals surface area contributed by atoms with Gasteiger partial charge in [-0.1, -0.05) is 46.3 Å². The zero-order valence-electron chi connectivity index (χ0n) is 14.6. The van der Waals surface area contributed by atoms with E-state index < -0.39 is 0 Å². The minimum atomic E-state index is -0.191. The fourth-order valence-corrected chi connectivity index (χ4v) is 2.74. The molecule has 0 aliphatic carbocycles. The Morgan fingerprint density at radius 1 is 1.12 bits per heavy atom. The highest BCUT2D eigenvalue weighted by Crippen LogP contribution is 2.26. The lowest BCUT2D eigenvalue weighted by atomic mass is 10.1. The quantitative estimate of drug-likeness (QED) is 0.512. The van der Waals surface area contributed by atoms with Crippen LogP contribution >= 0.6 is 15.9 Å². The molecule has 5 nitrogen and oxygen atoms in total. The van der Waals surface area contributed by atoms with Crippen molar-refractivity contribution in [2.45, 2.75) is 0 Å². The highest BCUT2D eigenvalue weighted by molar-refractivity contribution is 9.10. The molecule has 0 bridgehead atoms. The van der Waals surface area contributed by atoms with Crippen LogP contribution in [0.1, 0.15) is 5.56 Å². The second-order valence-corrected chi connectivity index (χ2v) is 6.84. The number of nitrogens with zero attached hydrogens (tertiary/aromatic N) is 3. The molecule has 0 unspecified atom stereocenters. The monoisotopic (exact) mass is 410 g/mol. The fourth-order valence-electron chi connectivity index (χ4n) is 2.48. The molecule has 2 aromatic carbocycles. The summed E-state index contributed by atoms with van der Waals surface area (Å²) in [5, 5.41) is 6.33. The molecule has 0 fully saturated rings. The summed E-state index contributed by atoms with van der Waals surface area (Å²) < 4.78 is 2.83. The van der Waals surface area contributed by atoms with Crippen LogP contribution in [0.3, 0.4) is 0 Å². The number of hydrogen-bond acceptors (Lipinski definition) is 3. The molecule has 0 radical (unpaired) electrons. The van der Waals surface area contributed by atoms with Crippen molar-refractivity contribution in [3.05, 3.63) is 76.9 Å². The molecule has 0 aliphatic heterocycles. The Kier molecular flexibility index (Phi) is 5.65. The Hall–Kier alpha value is -2.70. The van der Waals surface area contributed by atoms with E-state index in [2.05, 4.69) is 21.4 Å². The number of nitrogens with one attached hydrogen (secondary N) is 1. The summed E-state index contributed by atoms with van der Waals surface area (Å²) in [5.41, 5.74) is 6.32. The molecule has 1 N–H and O–H groups in total. The molecule has 1 aromatic heterocycles. The van der Waals surface area contributed by atoms with Gasteiger partial charge in [0.25, 0.3) is 5.91 Å². The predicted octanol–water partition coefficient (Wildman–Crippen LogP) is 3.91. The van der Waals surface area contributed by atoms with Gasteiger partial charge in [-0.25, -0.2) is 9.69 Å². The summed E-state index contributed by atoms with van der Waals surface area (Å²) >= 11 is 3.45. The molecule has 26 heavy (non-hydrogen) atoms. The van der Waals surface area contributed by atoms with E-state index in [-0.39, 0.29) is 5.91 Å². The van der Waals surface area contributed by atoms with Crippen molar-refractivity contribution < 1.29 is 4.79 Å². The van der Waals surface area contributed by atoms with Crippen LogP contribution in [0.2, 0.25) is 0 Å². The summed E-state index contributed by atoms with van der Waals surface area (Å²) in [7, 11) is 3.54. The topological polar surface area (TPSA) is 50.2 Å². The van der Waals surface area contributed by atoms with Gasteiger partial charge in [0, 0.05) is 42.0 Å². The molecule has 6 heteroatoms. The molecule has 3 rings (SSSR count). The Balaban J connectivity index is 2.00. The lowest BCUT2D eigenvalue weighted by molar-refractivity contribution is -0.119. The summed E-state index contributed by atoms with van der Waals surface area (Å²) in [5.74, 6) is -0.191. The number of carbonyl (C=O) groups excluding carboxylic acids is 1. The van der Waals surface area contributed by atoms with Gasteiger partial charge in [0.15, 0.2) is 0 Å². The first-order chi connectivity index (χ1) is 12.5. The number of amides is 1. The van der Waals surface area contributed by atoms with Crippen molar-refractivity contribution in [1.82, 2.24) is 20.2 Å². The number of benzene rings is 2. The fraction of sp³-hybridized carbons (Fsp3) is 0.100. The zero-order chi connectivity index (χ0) is 18.5. The van der Waals surface area contributed by atoms with Gasteiger partial charge in [0.2, 0.25) is 0 Å². The number of para-hydroxylation sites is 1. The van der Waals surface area contributed by atoms with Crippen molar-refractivity contribution in [2.75, 3.05) is 14.1 Å². The van der Waals surface area contributed by atoms with Gasteiger partial charge in [-0.15, -0.1) is 0 Å². The minimum Gasteiger partial charge on any atom is -0.286 e. The Morgan fingerprint density at radius 3 is 2.46 bits per heavy atom. The van der Waals surface area contributed by atoms with Crippen molar-refractivity contribution in [2.24, 2.45) is 0 Å². The molecule has 0 atom stereocenters. The Morgan fingerprint density at radius 2 is 1.81 bits per heavy atom. The number of halogens is 1. The molecular weight excluding hydrogens is 392 g/mol. The Bertz CT molecular complexity index is 915. The predicted molar refractivity (Wildman–Crippen MR) is 108 cm³/mol. The van der Waals surface area contributed by atoms with Gasteiger partial charge in [0.05, 0.1) is 11.4 Å². The van der Waals surface area contributed by atoms with Gasteiger partial charge >= 0.3 is 0 Å². The number of hydrazine groups is 1. The van der Waals surface area contributed by atoms with E-state index in [0.717, 1.165) is 27.0 Å². The largest absolute Gasteiger partial charge is 0.286 e. The first-order valence-corrected chi connectivity index (χ1v) is 8.89. The zero-order valence-corrected chi connectivity index (χ0v) is 16.1. The van der Waals surface area contributed by atoms with Crippen LogP contribution < -0.4 is 5.43 Å². The van der Waals surface area contributed by atoms with E-state index in [1.165, 1.54) is 6.08 Å². The minimum absolute atomic E-state index is 0.191. The van der Waals surface area contributed by atoms with Crippen molar-refractivity contribution >= 4 is 27.9 Å². The van der Waals surface area contributed by atoms with E-state index in [1.807, 2.05) is 65.5 Å². The standard InChI is InChI=1S/C20H19BrN4O/c1-24(2)22-19(26)13-10-16-14-25(18-6-4-3-5-7-18)23-20(16)15-8-11-17(21)12-9-15/h3-14H,1-2H3,(H,22,26)/b13-10+. The molecule has 1 amide bonds. The van der Waals surface area contributed by atoms with E-state index in [9.17, 15) is 4.79 Å². The summed E-state index contributed by atoms with van der Waals surface area (Å²) in [6, 6.07) is 17.8. The van der Waals surface area contributed by atoms with Crippen LogP contribution in [0.5, 0.6) is 0 Å². The number of carbonyl (C=O) groups is 1. The number of aromatic nitrogens is 2. The second-order valence-electron chi connectivity index (χ2n) is 5.92. The first kappa shape index (κ1) is 18.1. The van der Waals surface area contributed by atoms with E-state index in [0.29, 0.717) is 0 Å². The molecule has 0 aliphatic rings. The second kappa shape index (κ2) is 8.12. The third kappa shape index (κ3) is 4.47. The molecule has 132 valence electrons. The normalized spacial score (nSPS) is 11.2. The average Bonchev–Trinajstić information content (AvgIpc) is 3.05. The van der Waals surface area contributed by atoms with E-state index in [1.54, 1.807) is 25.2 Å². The van der Waals surface area contributed by atoms with E-state index >= 15 is 0 Å². The van der Waals surface area contributed by atoms with E-state index in [4.69, 9.17) is 5.10 Å². The summed E-state index contributed by atoms with van der Waals surface area (Å²) in [6.45, 7) is 0. The van der Waals surface area contributed by atoms with Crippen LogP contribution in [-0.4, -0.2) is 34.8 Å². The number of rotatable bonds is 5. The van der Waals surface area contributed by atoms with Gasteiger partial charge < -0.3 is 0 Å². The maximum atomic E-state index is 11.9. The Labute approximate surface area is 161 Å². The van der Waals surface area contributed by atoms with Crippen LogP contribution in [0.4, 0.5) is 0 Å². The maximum absolute atomic E-state index is 11.9. The molecule has 0 saturated carbocycles. The highest BCUT2D eigenvalue weighted by atomic mass is 79.9. The molecule has 3 aromatic rings. The molecule has 0 saturated heterocycles. The van der Waals surface area contributed by atoms with Crippen molar-refractivity contribution in [3.63, 3.8) is 0 Å². The van der Waals surface area contributed by atoms with Crippen LogP contribution in [-0.2, 0) is 4.79 Å². The third-order valence-electron chi connectivity index (χ3n) is 3.63. The first-order valence-electron chi connectivity index (χ1n) is 8.10. The number of hydrogen-bond donors (Lipinski definition) is 1. The lowest BCUT2D eigenvalue weighted by Gasteiger charge is -2.08. The van der Waals surface area contributed by atoms with Crippen LogP contribution in [0, 0.1) is 0 Å². The highest BCUT2D eigenvalue weighted by Gasteiger charge is 2.11. The van der Waals surface area contributed by atoms with Gasteiger partial charge in [-0.2, -0.15) is 5.10 Å². The maximum Gasteiger partial charge on any atom is 0.258 e. The van der Waals surface area contributed by atoms with Crippen molar-refractivity contribution in [1.29, 1.82) is 0 Å². The molecular formula is C20H19BrN4O. The summed E-state index contributed by atoms with van der Waals surface area (Å²) in [6.07, 6.45) is 5.21. The SMILES string of the molecule is CN(C)NC(=O)/C=C/c1cn(-c2ccccc2)nc1-c1ccc(Br)cc1. The molecule has 0 spiro atoms. The smallest absolute Gasteiger partial charge is 0.258 e. The summed E-state index contributed by atoms with van der Waals surface area (Å²) in [4.78, 5) is 11.9. The van der Waals surface area contributed by atoms with Gasteiger partial charge in [0.1, 0.15) is 0 Å². The van der Waals surface area contributed by atoms with Gasteiger partial charge in [-0.3, -0.25) is 10.2 Å². The van der Waals surface area contributed by atoms with Crippen LogP contribution in [0.25, 0.3) is 23.0 Å². The van der Waals surface area contributed by atoms with Crippen LogP contribution in [0.15, 0.2) is 71.3 Å². The van der Waals surface area contributed by atoms with Gasteiger partial charge in [-0.05, 0) is 30.3 Å². The average molecular weight is 411 g/mol.